The van der Waals surface area contributed by atoms with Crippen LogP contribution < -0.4 is 0 Å². The Kier molecular flexibility index (Phi) is 9.34. The van der Waals surface area contributed by atoms with Crippen LogP contribution in [0.15, 0.2) is 71.3 Å². The molecule has 210 valence electrons. The van der Waals surface area contributed by atoms with Gasteiger partial charge in [0.1, 0.15) is 5.60 Å². The van der Waals surface area contributed by atoms with Gasteiger partial charge in [-0.2, -0.15) is 4.98 Å². The quantitative estimate of drug-likeness (QED) is 0.215. The molecule has 0 N–H and O–H groups in total. The van der Waals surface area contributed by atoms with Gasteiger partial charge in [-0.05, 0) is 73.7 Å². The highest BCUT2D eigenvalue weighted by molar-refractivity contribution is 5.74. The molecule has 8 nitrogen and oxygen atoms in total. The van der Waals surface area contributed by atoms with Crippen LogP contribution >= 0.6 is 0 Å². The molecule has 0 aliphatic rings. The van der Waals surface area contributed by atoms with E-state index in [2.05, 4.69) is 35.3 Å². The number of amides is 1. The fraction of sp³-hybridized carbons (Fsp3) is 0.344. The Morgan fingerprint density at radius 2 is 1.73 bits per heavy atom. The van der Waals surface area contributed by atoms with Gasteiger partial charge in [-0.3, -0.25) is 0 Å². The van der Waals surface area contributed by atoms with Gasteiger partial charge in [0.25, 0.3) is 5.89 Å². The number of nitrogens with zero attached hydrogens (tertiary/aromatic N) is 3. The van der Waals surface area contributed by atoms with Crippen molar-refractivity contribution in [3.63, 3.8) is 0 Å². The SMILES string of the molecule is COCCN(Cc1cccc(-c2noc(-c3ccc(-c4ccccc4C)c(COC)c3)n2)c1)C(=O)OC(C)(C)C. The summed E-state index contributed by atoms with van der Waals surface area (Å²) in [5.41, 5.74) is 6.43. The second-order valence-corrected chi connectivity index (χ2v) is 10.6. The molecule has 0 bridgehead atoms. The lowest BCUT2D eigenvalue weighted by Gasteiger charge is -2.27. The van der Waals surface area contributed by atoms with Gasteiger partial charge >= 0.3 is 6.09 Å². The summed E-state index contributed by atoms with van der Waals surface area (Å²) in [6, 6.07) is 22.1. The van der Waals surface area contributed by atoms with Crippen molar-refractivity contribution in [3.8, 4) is 34.0 Å². The van der Waals surface area contributed by atoms with Crippen molar-refractivity contribution in [1.29, 1.82) is 0 Å². The zero-order valence-corrected chi connectivity index (χ0v) is 24.1. The number of benzene rings is 3. The van der Waals surface area contributed by atoms with Gasteiger partial charge in [0.2, 0.25) is 5.82 Å². The van der Waals surface area contributed by atoms with E-state index in [0.717, 1.165) is 33.4 Å². The molecular formula is C32H37N3O5. The minimum Gasteiger partial charge on any atom is -0.444 e. The summed E-state index contributed by atoms with van der Waals surface area (Å²) in [5, 5.41) is 4.24. The standard InChI is InChI=1S/C32H37N3O5/c1-22-10-7-8-13-27(22)28-15-14-25(19-26(28)21-38-6)30-33-29(34-40-30)24-12-9-11-23(18-24)20-35(16-17-37-5)31(36)39-32(2,3)4/h7-15,18-19H,16-17,20-21H2,1-6H3. The summed E-state index contributed by atoms with van der Waals surface area (Å²) in [7, 11) is 3.29. The predicted octanol–water partition coefficient (Wildman–Crippen LogP) is 6.91. The lowest BCUT2D eigenvalue weighted by atomic mass is 9.94. The van der Waals surface area contributed by atoms with E-state index in [9.17, 15) is 4.79 Å². The maximum Gasteiger partial charge on any atom is 0.410 e. The van der Waals surface area contributed by atoms with Gasteiger partial charge in [0.15, 0.2) is 0 Å². The summed E-state index contributed by atoms with van der Waals surface area (Å²) in [6.45, 7) is 9.27. The molecule has 0 spiro atoms. The third-order valence-corrected chi connectivity index (χ3v) is 6.29. The molecule has 0 saturated heterocycles. The fourth-order valence-corrected chi connectivity index (χ4v) is 4.39. The van der Waals surface area contributed by atoms with Crippen molar-refractivity contribution in [2.45, 2.75) is 46.4 Å². The first-order valence-electron chi connectivity index (χ1n) is 13.3. The number of aromatic nitrogens is 2. The molecule has 0 atom stereocenters. The van der Waals surface area contributed by atoms with Crippen LogP contribution in [0.3, 0.4) is 0 Å². The highest BCUT2D eigenvalue weighted by Gasteiger charge is 2.22. The first kappa shape index (κ1) is 29.0. The zero-order chi connectivity index (χ0) is 28.7. The molecule has 3 aromatic carbocycles. The molecule has 4 aromatic rings. The monoisotopic (exact) mass is 543 g/mol. The zero-order valence-electron chi connectivity index (χ0n) is 24.1. The Hall–Kier alpha value is -4.01. The van der Waals surface area contributed by atoms with Crippen LogP contribution in [0, 0.1) is 6.92 Å². The van der Waals surface area contributed by atoms with E-state index in [0.29, 0.717) is 38.0 Å². The highest BCUT2D eigenvalue weighted by Crippen LogP contribution is 2.32. The lowest BCUT2D eigenvalue weighted by Crippen LogP contribution is -2.38. The molecular weight excluding hydrogens is 506 g/mol. The van der Waals surface area contributed by atoms with Crippen molar-refractivity contribution < 1.29 is 23.5 Å². The molecule has 1 heterocycles. The van der Waals surface area contributed by atoms with Gasteiger partial charge in [0.05, 0.1) is 13.2 Å². The predicted molar refractivity (Wildman–Crippen MR) is 155 cm³/mol. The van der Waals surface area contributed by atoms with Gasteiger partial charge in [-0.1, -0.05) is 53.7 Å². The Balaban J connectivity index is 1.58. The summed E-state index contributed by atoms with van der Waals surface area (Å²) < 4.78 is 22.0. The largest absolute Gasteiger partial charge is 0.444 e. The first-order valence-corrected chi connectivity index (χ1v) is 13.3. The lowest BCUT2D eigenvalue weighted by molar-refractivity contribution is 0.0184. The maximum atomic E-state index is 12.8. The number of hydrogen-bond acceptors (Lipinski definition) is 7. The number of ether oxygens (including phenoxy) is 3. The molecule has 1 aromatic heterocycles. The van der Waals surface area contributed by atoms with Crippen LogP contribution in [0.5, 0.6) is 0 Å². The van der Waals surface area contributed by atoms with Crippen LogP contribution in [0.1, 0.15) is 37.5 Å². The Bertz CT molecular complexity index is 1440. The van der Waals surface area contributed by atoms with Crippen LogP contribution in [-0.4, -0.2) is 54.1 Å². The molecule has 8 heteroatoms. The van der Waals surface area contributed by atoms with Crippen molar-refractivity contribution in [2.75, 3.05) is 27.4 Å². The van der Waals surface area contributed by atoms with Crippen LogP contribution in [0.25, 0.3) is 34.0 Å². The smallest absolute Gasteiger partial charge is 0.410 e. The number of rotatable bonds is 10. The Morgan fingerprint density at radius 1 is 0.925 bits per heavy atom. The average molecular weight is 544 g/mol. The maximum absolute atomic E-state index is 12.8. The van der Waals surface area contributed by atoms with E-state index in [1.807, 2.05) is 69.3 Å². The van der Waals surface area contributed by atoms with Crippen molar-refractivity contribution in [3.05, 3.63) is 83.4 Å². The second kappa shape index (κ2) is 12.9. The van der Waals surface area contributed by atoms with Crippen LogP contribution in [-0.2, 0) is 27.4 Å². The number of hydrogen-bond donors (Lipinski definition) is 0. The number of aryl methyl sites for hydroxylation is 1. The summed E-state index contributed by atoms with van der Waals surface area (Å²) >= 11 is 0. The molecule has 1 amide bonds. The third-order valence-electron chi connectivity index (χ3n) is 6.29. The summed E-state index contributed by atoms with van der Waals surface area (Å²) in [5.74, 6) is 0.887. The van der Waals surface area contributed by atoms with Gasteiger partial charge < -0.3 is 23.6 Å². The number of carbonyl (C=O) groups is 1. The molecule has 0 aliphatic heterocycles. The third kappa shape index (κ3) is 7.34. The Labute approximate surface area is 235 Å². The molecule has 4 rings (SSSR count). The second-order valence-electron chi connectivity index (χ2n) is 10.6. The molecule has 40 heavy (non-hydrogen) atoms. The molecule has 0 radical (unpaired) electrons. The summed E-state index contributed by atoms with van der Waals surface area (Å²) in [6.07, 6.45) is -0.391. The van der Waals surface area contributed by atoms with Crippen molar-refractivity contribution >= 4 is 6.09 Å². The van der Waals surface area contributed by atoms with Crippen LogP contribution in [0.4, 0.5) is 4.79 Å². The number of methoxy groups -OCH3 is 2. The average Bonchev–Trinajstić information content (AvgIpc) is 3.41. The van der Waals surface area contributed by atoms with Gasteiger partial charge in [-0.25, -0.2) is 4.79 Å². The first-order chi connectivity index (χ1) is 19.2. The Morgan fingerprint density at radius 3 is 2.45 bits per heavy atom. The van der Waals surface area contributed by atoms with E-state index in [-0.39, 0.29) is 0 Å². The molecule has 0 aliphatic carbocycles. The minimum absolute atomic E-state index is 0.359. The normalized spacial score (nSPS) is 11.4. The van der Waals surface area contributed by atoms with E-state index < -0.39 is 11.7 Å². The van der Waals surface area contributed by atoms with E-state index in [4.69, 9.17) is 18.7 Å². The topological polar surface area (TPSA) is 86.9 Å². The summed E-state index contributed by atoms with van der Waals surface area (Å²) in [4.78, 5) is 19.1. The van der Waals surface area contributed by atoms with E-state index in [1.165, 1.54) is 5.56 Å². The fourth-order valence-electron chi connectivity index (χ4n) is 4.39. The highest BCUT2D eigenvalue weighted by atomic mass is 16.6. The molecule has 0 unspecified atom stereocenters. The van der Waals surface area contributed by atoms with E-state index >= 15 is 0 Å². The molecule has 0 fully saturated rings. The van der Waals surface area contributed by atoms with E-state index in [1.54, 1.807) is 19.1 Å². The van der Waals surface area contributed by atoms with Gasteiger partial charge in [-0.15, -0.1) is 0 Å². The molecule has 0 saturated carbocycles. The number of carbonyl (C=O) groups excluding carboxylic acids is 1. The van der Waals surface area contributed by atoms with Crippen LogP contribution in [0.2, 0.25) is 0 Å². The van der Waals surface area contributed by atoms with Crippen molar-refractivity contribution in [1.82, 2.24) is 15.0 Å². The van der Waals surface area contributed by atoms with Crippen molar-refractivity contribution in [2.24, 2.45) is 0 Å². The minimum atomic E-state index is -0.591. The van der Waals surface area contributed by atoms with Gasteiger partial charge in [0, 0.05) is 38.4 Å².